The molecule has 1 fully saturated rings. The van der Waals surface area contributed by atoms with Crippen molar-refractivity contribution in [3.8, 4) is 0 Å². The van der Waals surface area contributed by atoms with E-state index < -0.39 is 24.5 Å². The Bertz CT molecular complexity index is 810. The average molecular weight is 443 g/mol. The highest BCUT2D eigenvalue weighted by Crippen LogP contribution is 2.24. The van der Waals surface area contributed by atoms with Gasteiger partial charge in [-0.2, -0.15) is 13.2 Å². The molecule has 2 amide bonds. The maximum atomic E-state index is 12.4. The lowest BCUT2D eigenvalue weighted by Gasteiger charge is -2.20. The van der Waals surface area contributed by atoms with Gasteiger partial charge in [0.2, 0.25) is 0 Å². The van der Waals surface area contributed by atoms with E-state index in [4.69, 9.17) is 16.7 Å². The Kier molecular flexibility index (Phi) is 8.69. The summed E-state index contributed by atoms with van der Waals surface area (Å²) in [5, 5.41) is 14.7. The molecule has 0 saturated heterocycles. The molecule has 0 unspecified atom stereocenters. The van der Waals surface area contributed by atoms with Crippen LogP contribution in [0.5, 0.6) is 0 Å². The fourth-order valence-corrected chi connectivity index (χ4v) is 2.84. The number of nitrogens with one attached hydrogen (secondary N) is 2. The van der Waals surface area contributed by atoms with Gasteiger partial charge in [0.25, 0.3) is 11.8 Å². The number of amides is 2. The highest BCUT2D eigenvalue weighted by atomic mass is 19.4. The SMILES string of the molecule is N/C(=C\N(N)c1ccc(C(=O)NCC(F)(F)F)cc1CCCCCO)C(=O)NC1CC1. The van der Waals surface area contributed by atoms with Crippen molar-refractivity contribution in [3.63, 3.8) is 0 Å². The summed E-state index contributed by atoms with van der Waals surface area (Å²) in [6.07, 6.45) is 0.993. The molecule has 0 aliphatic heterocycles. The van der Waals surface area contributed by atoms with E-state index in [2.05, 4.69) is 5.32 Å². The minimum atomic E-state index is -4.51. The molecular weight excluding hydrogens is 415 g/mol. The van der Waals surface area contributed by atoms with Crippen molar-refractivity contribution in [1.82, 2.24) is 10.6 Å². The lowest BCUT2D eigenvalue weighted by Crippen LogP contribution is -2.35. The summed E-state index contributed by atoms with van der Waals surface area (Å²) in [4.78, 5) is 24.1. The highest BCUT2D eigenvalue weighted by Gasteiger charge is 2.28. The number of nitrogens with two attached hydrogens (primary N) is 2. The van der Waals surface area contributed by atoms with Crippen molar-refractivity contribution < 1.29 is 27.9 Å². The number of halogens is 3. The van der Waals surface area contributed by atoms with Crippen LogP contribution in [0.3, 0.4) is 0 Å². The van der Waals surface area contributed by atoms with E-state index in [1.807, 2.05) is 5.32 Å². The standard InChI is InChI=1S/C20H28F3N5O3/c21-20(22,23)12-26-18(30)14-5-8-17(13(10-14)4-2-1-3-9-29)28(25)11-16(24)19(31)27-15-6-7-15/h5,8,10-11,15,29H,1-4,6-7,9,12,24-25H2,(H,26,30)(H,27,31)/b16-11-. The Morgan fingerprint density at radius 2 is 1.94 bits per heavy atom. The summed E-state index contributed by atoms with van der Waals surface area (Å²) in [5.41, 5.74) is 6.84. The number of hydrogen-bond donors (Lipinski definition) is 5. The molecule has 31 heavy (non-hydrogen) atoms. The number of carbonyl (C=O) groups is 2. The number of aryl methyl sites for hydroxylation is 1. The van der Waals surface area contributed by atoms with Crippen LogP contribution in [0, 0.1) is 0 Å². The number of alkyl halides is 3. The Morgan fingerprint density at radius 3 is 2.55 bits per heavy atom. The van der Waals surface area contributed by atoms with Crippen LogP contribution in [-0.4, -0.2) is 42.3 Å². The lowest BCUT2D eigenvalue weighted by molar-refractivity contribution is -0.123. The third kappa shape index (κ3) is 8.46. The van der Waals surface area contributed by atoms with Crippen molar-refractivity contribution in [2.24, 2.45) is 11.6 Å². The number of aliphatic hydroxyl groups excluding tert-OH is 1. The Hall–Kier alpha value is -2.79. The van der Waals surface area contributed by atoms with Crippen LogP contribution >= 0.6 is 0 Å². The summed E-state index contributed by atoms with van der Waals surface area (Å²) < 4.78 is 37.1. The largest absolute Gasteiger partial charge is 0.405 e. The first-order chi connectivity index (χ1) is 14.6. The van der Waals surface area contributed by atoms with Crippen molar-refractivity contribution in [2.75, 3.05) is 18.2 Å². The van der Waals surface area contributed by atoms with Crippen LogP contribution in [0.2, 0.25) is 0 Å². The molecule has 11 heteroatoms. The van der Waals surface area contributed by atoms with E-state index in [-0.39, 0.29) is 23.9 Å². The van der Waals surface area contributed by atoms with Gasteiger partial charge in [-0.05, 0) is 55.9 Å². The second-order valence-electron chi connectivity index (χ2n) is 7.42. The van der Waals surface area contributed by atoms with Crippen LogP contribution in [0.4, 0.5) is 18.9 Å². The molecule has 8 nitrogen and oxygen atoms in total. The molecule has 0 radical (unpaired) electrons. The van der Waals surface area contributed by atoms with Gasteiger partial charge in [-0.25, -0.2) is 5.84 Å². The molecule has 172 valence electrons. The van der Waals surface area contributed by atoms with Crippen LogP contribution in [-0.2, 0) is 11.2 Å². The van der Waals surface area contributed by atoms with E-state index in [1.54, 1.807) is 0 Å². The van der Waals surface area contributed by atoms with Gasteiger partial charge in [0, 0.05) is 24.4 Å². The number of unbranched alkanes of at least 4 members (excludes halogenated alkanes) is 2. The highest BCUT2D eigenvalue weighted by molar-refractivity contribution is 5.95. The molecule has 0 spiro atoms. The van der Waals surface area contributed by atoms with Crippen molar-refractivity contribution in [2.45, 2.75) is 50.7 Å². The average Bonchev–Trinajstić information content (AvgIpc) is 3.52. The summed E-state index contributed by atoms with van der Waals surface area (Å²) >= 11 is 0. The predicted molar refractivity (Wildman–Crippen MR) is 110 cm³/mol. The van der Waals surface area contributed by atoms with Crippen LogP contribution < -0.4 is 27.2 Å². The van der Waals surface area contributed by atoms with Crippen LogP contribution in [0.25, 0.3) is 0 Å². The molecule has 2 rings (SSSR count). The number of benzene rings is 1. The number of hydrazine groups is 1. The zero-order valence-electron chi connectivity index (χ0n) is 17.0. The molecule has 1 saturated carbocycles. The van der Waals surface area contributed by atoms with Gasteiger partial charge < -0.3 is 21.5 Å². The molecular formula is C20H28F3N5O3. The molecule has 1 aliphatic rings. The zero-order chi connectivity index (χ0) is 23.0. The van der Waals surface area contributed by atoms with Gasteiger partial charge in [0.1, 0.15) is 12.2 Å². The van der Waals surface area contributed by atoms with Crippen molar-refractivity contribution >= 4 is 17.5 Å². The zero-order valence-corrected chi connectivity index (χ0v) is 17.0. The molecule has 0 bridgehead atoms. The maximum absolute atomic E-state index is 12.4. The predicted octanol–water partition coefficient (Wildman–Crippen LogP) is 1.44. The summed E-state index contributed by atoms with van der Waals surface area (Å²) in [7, 11) is 0. The molecule has 1 aromatic carbocycles. The molecule has 1 aromatic rings. The monoisotopic (exact) mass is 443 g/mol. The smallest absolute Gasteiger partial charge is 0.396 e. The second kappa shape index (κ2) is 11.0. The first kappa shape index (κ1) is 24.5. The number of nitrogens with zero attached hydrogens (tertiary/aromatic N) is 1. The molecule has 0 atom stereocenters. The van der Waals surface area contributed by atoms with Crippen molar-refractivity contribution in [3.05, 3.63) is 41.2 Å². The van der Waals surface area contributed by atoms with Crippen LogP contribution in [0.1, 0.15) is 48.0 Å². The van der Waals surface area contributed by atoms with Crippen LogP contribution in [0.15, 0.2) is 30.1 Å². The first-order valence-corrected chi connectivity index (χ1v) is 10.0. The number of anilines is 1. The molecule has 0 heterocycles. The van der Waals surface area contributed by atoms with E-state index in [9.17, 15) is 22.8 Å². The van der Waals surface area contributed by atoms with Gasteiger partial charge in [-0.3, -0.25) is 14.6 Å². The molecule has 0 aromatic heterocycles. The van der Waals surface area contributed by atoms with E-state index >= 15 is 0 Å². The molecule has 7 N–H and O–H groups in total. The normalized spacial score (nSPS) is 14.3. The third-order valence-electron chi connectivity index (χ3n) is 4.63. The Balaban J connectivity index is 2.18. The van der Waals surface area contributed by atoms with Crippen molar-refractivity contribution in [1.29, 1.82) is 0 Å². The van der Waals surface area contributed by atoms with Gasteiger partial charge >= 0.3 is 6.18 Å². The van der Waals surface area contributed by atoms with Gasteiger partial charge in [0.15, 0.2) is 0 Å². The van der Waals surface area contributed by atoms with E-state index in [1.165, 1.54) is 24.4 Å². The van der Waals surface area contributed by atoms with E-state index in [0.29, 0.717) is 36.9 Å². The first-order valence-electron chi connectivity index (χ1n) is 10.0. The number of rotatable bonds is 11. The Morgan fingerprint density at radius 1 is 1.23 bits per heavy atom. The number of hydrogen-bond acceptors (Lipinski definition) is 6. The fraction of sp³-hybridized carbons (Fsp3) is 0.500. The third-order valence-corrected chi connectivity index (χ3v) is 4.63. The van der Waals surface area contributed by atoms with Gasteiger partial charge in [-0.1, -0.05) is 6.42 Å². The minimum absolute atomic E-state index is 0.0468. The molecule has 1 aliphatic carbocycles. The Labute approximate surface area is 178 Å². The summed E-state index contributed by atoms with van der Waals surface area (Å²) in [6.45, 7) is -1.39. The number of carbonyl (C=O) groups excluding carboxylic acids is 2. The summed E-state index contributed by atoms with van der Waals surface area (Å²) in [5.74, 6) is 4.76. The second-order valence-corrected chi connectivity index (χ2v) is 7.42. The fourth-order valence-electron chi connectivity index (χ4n) is 2.84. The minimum Gasteiger partial charge on any atom is -0.396 e. The lowest BCUT2D eigenvalue weighted by atomic mass is 10.0. The quantitative estimate of drug-likeness (QED) is 0.152. The number of aliphatic hydroxyl groups is 1. The van der Waals surface area contributed by atoms with Gasteiger partial charge in [-0.15, -0.1) is 0 Å². The maximum Gasteiger partial charge on any atom is 0.405 e. The van der Waals surface area contributed by atoms with Gasteiger partial charge in [0.05, 0.1) is 5.69 Å². The van der Waals surface area contributed by atoms with E-state index in [0.717, 1.165) is 17.9 Å². The summed E-state index contributed by atoms with van der Waals surface area (Å²) in [6, 6.07) is 4.44. The topological polar surface area (TPSA) is 134 Å².